The van der Waals surface area contributed by atoms with Crippen LogP contribution < -0.4 is 0 Å². The second kappa shape index (κ2) is 6.06. The van der Waals surface area contributed by atoms with Gasteiger partial charge in [0.25, 0.3) is 0 Å². The molecule has 0 amide bonds. The molecule has 2 aliphatic carbocycles. The summed E-state index contributed by atoms with van der Waals surface area (Å²) in [6.45, 7) is 14.5. The fourth-order valence-corrected chi connectivity index (χ4v) is 5.03. The van der Waals surface area contributed by atoms with Crippen LogP contribution in [0.5, 0.6) is 0 Å². The smallest absolute Gasteiger partial charge is 0.309 e. The zero-order valence-electron chi connectivity index (χ0n) is 14.3. The zero-order chi connectivity index (χ0) is 16.5. The van der Waals surface area contributed by atoms with Crippen molar-refractivity contribution in [2.24, 2.45) is 22.7 Å². The summed E-state index contributed by atoms with van der Waals surface area (Å²) in [5.74, 6) is 0.0202. The Morgan fingerprint density at radius 1 is 1.41 bits per heavy atom. The lowest BCUT2D eigenvalue weighted by Crippen LogP contribution is -2.53. The van der Waals surface area contributed by atoms with E-state index in [4.69, 9.17) is 0 Å². The van der Waals surface area contributed by atoms with Crippen molar-refractivity contribution in [3.63, 3.8) is 0 Å². The third-order valence-electron chi connectivity index (χ3n) is 6.51. The predicted molar refractivity (Wildman–Crippen MR) is 91.6 cm³/mol. The van der Waals surface area contributed by atoms with Gasteiger partial charge in [-0.1, -0.05) is 49.8 Å². The average Bonchev–Trinajstić information content (AvgIpc) is 2.45. The molecule has 0 heterocycles. The lowest BCUT2D eigenvalue weighted by molar-refractivity contribution is -0.164. The minimum Gasteiger partial charge on any atom is -0.481 e. The standard InChI is InChI=1S/C20H30O2/c1-6-14(2)8-10-16-15(3)9-11-17-19(16,4)12-7-13-20(17,5)18(21)22/h6,8,16-17H,1,3,7,9-13H2,2,4-5H3,(H,21,22)/b14-8+/t16-,17-,19+,20+/m1/s1. The predicted octanol–water partition coefficient (Wildman–Crippen LogP) is 5.37. The molecule has 1 N–H and O–H groups in total. The summed E-state index contributed by atoms with van der Waals surface area (Å²) in [5, 5.41) is 9.81. The minimum absolute atomic E-state index is 0.0542. The van der Waals surface area contributed by atoms with E-state index < -0.39 is 11.4 Å². The van der Waals surface area contributed by atoms with E-state index in [0.717, 1.165) is 38.5 Å². The van der Waals surface area contributed by atoms with E-state index in [-0.39, 0.29) is 11.3 Å². The van der Waals surface area contributed by atoms with Crippen molar-refractivity contribution in [3.05, 3.63) is 36.5 Å². The fraction of sp³-hybridized carbons (Fsp3) is 0.650. The second-order valence-corrected chi connectivity index (χ2v) is 7.77. The number of hydrogen-bond donors (Lipinski definition) is 1. The molecule has 2 aliphatic rings. The molecule has 2 fully saturated rings. The minimum atomic E-state index is -0.618. The van der Waals surface area contributed by atoms with Crippen LogP contribution in [0.25, 0.3) is 0 Å². The van der Waals surface area contributed by atoms with Crippen molar-refractivity contribution in [2.45, 2.75) is 59.3 Å². The largest absolute Gasteiger partial charge is 0.481 e. The van der Waals surface area contributed by atoms with Gasteiger partial charge in [0.05, 0.1) is 5.41 Å². The van der Waals surface area contributed by atoms with E-state index in [1.54, 1.807) is 0 Å². The highest BCUT2D eigenvalue weighted by Crippen LogP contribution is 2.61. The molecule has 2 heteroatoms. The van der Waals surface area contributed by atoms with Gasteiger partial charge in [0, 0.05) is 0 Å². The highest BCUT2D eigenvalue weighted by Gasteiger charge is 2.57. The van der Waals surface area contributed by atoms with Crippen LogP contribution in [0.15, 0.2) is 36.5 Å². The molecular formula is C20H30O2. The first kappa shape index (κ1) is 17.1. The summed E-state index contributed by atoms with van der Waals surface area (Å²) >= 11 is 0. The van der Waals surface area contributed by atoms with E-state index in [9.17, 15) is 9.90 Å². The Morgan fingerprint density at radius 2 is 2.09 bits per heavy atom. The van der Waals surface area contributed by atoms with Crippen LogP contribution in [0.3, 0.4) is 0 Å². The Bertz CT molecular complexity index is 516. The number of carboxylic acid groups (broad SMARTS) is 1. The van der Waals surface area contributed by atoms with Gasteiger partial charge in [-0.25, -0.2) is 0 Å². The van der Waals surface area contributed by atoms with Gasteiger partial charge in [0.2, 0.25) is 0 Å². The monoisotopic (exact) mass is 302 g/mol. The second-order valence-electron chi connectivity index (χ2n) is 7.77. The zero-order valence-corrected chi connectivity index (χ0v) is 14.3. The molecule has 2 saturated carbocycles. The molecule has 0 bridgehead atoms. The van der Waals surface area contributed by atoms with Gasteiger partial charge in [-0.05, 0) is 63.2 Å². The van der Waals surface area contributed by atoms with Crippen LogP contribution in [-0.2, 0) is 4.79 Å². The lowest BCUT2D eigenvalue weighted by Gasteiger charge is -2.57. The molecule has 22 heavy (non-hydrogen) atoms. The first-order chi connectivity index (χ1) is 10.3. The fourth-order valence-electron chi connectivity index (χ4n) is 5.03. The van der Waals surface area contributed by atoms with Crippen LogP contribution in [0.1, 0.15) is 59.3 Å². The van der Waals surface area contributed by atoms with E-state index in [2.05, 4.69) is 33.1 Å². The summed E-state index contributed by atoms with van der Waals surface area (Å²) in [4.78, 5) is 11.9. The van der Waals surface area contributed by atoms with Crippen LogP contribution in [0, 0.1) is 22.7 Å². The van der Waals surface area contributed by atoms with Crippen LogP contribution in [0.4, 0.5) is 0 Å². The molecular weight excluding hydrogens is 272 g/mol. The van der Waals surface area contributed by atoms with Crippen molar-refractivity contribution in [2.75, 3.05) is 0 Å². The number of carbonyl (C=O) groups is 1. The Labute approximate surface area is 135 Å². The van der Waals surface area contributed by atoms with Gasteiger partial charge in [-0.15, -0.1) is 0 Å². The Balaban J connectivity index is 2.36. The topological polar surface area (TPSA) is 37.3 Å². The molecule has 0 aromatic carbocycles. The molecule has 0 aromatic heterocycles. The average molecular weight is 302 g/mol. The maximum Gasteiger partial charge on any atom is 0.309 e. The summed E-state index contributed by atoms with van der Waals surface area (Å²) < 4.78 is 0. The van der Waals surface area contributed by atoms with E-state index in [1.165, 1.54) is 11.1 Å². The van der Waals surface area contributed by atoms with Crippen molar-refractivity contribution >= 4 is 5.97 Å². The van der Waals surface area contributed by atoms with E-state index in [0.29, 0.717) is 5.92 Å². The molecule has 0 spiro atoms. The first-order valence-electron chi connectivity index (χ1n) is 8.46. The maximum atomic E-state index is 11.9. The molecule has 2 rings (SSSR count). The SMILES string of the molecule is C=C/C(C)=C/C[C@@H]1C(=C)CC[C@@H]2[C@@]1(C)CCC[C@]2(C)C(=O)O. The van der Waals surface area contributed by atoms with Gasteiger partial charge >= 0.3 is 5.97 Å². The molecule has 0 radical (unpaired) electrons. The van der Waals surface area contributed by atoms with Crippen molar-refractivity contribution in [1.29, 1.82) is 0 Å². The molecule has 0 saturated heterocycles. The van der Waals surface area contributed by atoms with E-state index >= 15 is 0 Å². The normalized spacial score (nSPS) is 39.2. The molecule has 122 valence electrons. The first-order valence-corrected chi connectivity index (χ1v) is 8.46. The number of carboxylic acids is 1. The summed E-state index contributed by atoms with van der Waals surface area (Å²) in [6, 6.07) is 0. The highest BCUT2D eigenvalue weighted by atomic mass is 16.4. The summed E-state index contributed by atoms with van der Waals surface area (Å²) in [5.41, 5.74) is 1.97. The summed E-state index contributed by atoms with van der Waals surface area (Å²) in [7, 11) is 0. The third-order valence-corrected chi connectivity index (χ3v) is 6.51. The van der Waals surface area contributed by atoms with Gasteiger partial charge in [-0.3, -0.25) is 4.79 Å². The molecule has 0 unspecified atom stereocenters. The molecule has 2 nitrogen and oxygen atoms in total. The molecule has 0 aromatic rings. The third kappa shape index (κ3) is 2.68. The number of rotatable bonds is 4. The summed E-state index contributed by atoms with van der Waals surface area (Å²) in [6.07, 6.45) is 9.95. The highest BCUT2D eigenvalue weighted by molar-refractivity contribution is 5.75. The number of aliphatic carboxylic acids is 1. The quantitative estimate of drug-likeness (QED) is 0.559. The number of fused-ring (bicyclic) bond motifs is 1. The van der Waals surface area contributed by atoms with Crippen LogP contribution >= 0.6 is 0 Å². The van der Waals surface area contributed by atoms with Crippen molar-refractivity contribution < 1.29 is 9.90 Å². The molecule has 0 aliphatic heterocycles. The Hall–Kier alpha value is -1.31. The van der Waals surface area contributed by atoms with Crippen molar-refractivity contribution in [3.8, 4) is 0 Å². The number of hydrogen-bond acceptors (Lipinski definition) is 1. The molecule has 4 atom stereocenters. The van der Waals surface area contributed by atoms with Gasteiger partial charge in [0.1, 0.15) is 0 Å². The van der Waals surface area contributed by atoms with Gasteiger partial charge in [0.15, 0.2) is 0 Å². The van der Waals surface area contributed by atoms with Crippen LogP contribution in [-0.4, -0.2) is 11.1 Å². The lowest BCUT2D eigenvalue weighted by atomic mass is 9.46. The van der Waals surface area contributed by atoms with Gasteiger partial charge < -0.3 is 5.11 Å². The van der Waals surface area contributed by atoms with Crippen molar-refractivity contribution in [1.82, 2.24) is 0 Å². The van der Waals surface area contributed by atoms with E-state index in [1.807, 2.05) is 13.0 Å². The van der Waals surface area contributed by atoms with Gasteiger partial charge in [-0.2, -0.15) is 0 Å². The maximum absolute atomic E-state index is 11.9. The number of allylic oxidation sites excluding steroid dienone is 4. The Kier molecular flexibility index (Phi) is 4.70. The Morgan fingerprint density at radius 3 is 2.68 bits per heavy atom. The van der Waals surface area contributed by atoms with Crippen LogP contribution in [0.2, 0.25) is 0 Å².